The number of para-hydroxylation sites is 1. The summed E-state index contributed by atoms with van der Waals surface area (Å²) in [5, 5.41) is 1.39. The largest absolute Gasteiger partial charge is 0.354 e. The van der Waals surface area contributed by atoms with Crippen molar-refractivity contribution in [2.24, 2.45) is 0 Å². The fourth-order valence-electron chi connectivity index (χ4n) is 3.10. The normalized spacial score (nSPS) is 12.8. The molecule has 0 spiro atoms. The number of aromatic amines is 1. The fourth-order valence-corrected chi connectivity index (χ4v) is 3.10. The SMILES string of the molecule is Cc1ccc2c(c1)-c1[nH]c3c(C)cccc3c1C2. The maximum absolute atomic E-state index is 3.63. The Bertz CT molecular complexity index is 778. The first-order chi connectivity index (χ1) is 8.74. The third kappa shape index (κ3) is 1.16. The zero-order chi connectivity index (χ0) is 12.3. The quantitative estimate of drug-likeness (QED) is 0.464. The number of hydrogen-bond donors (Lipinski definition) is 1. The lowest BCUT2D eigenvalue weighted by Crippen LogP contribution is -1.84. The van der Waals surface area contributed by atoms with Crippen molar-refractivity contribution >= 4 is 10.9 Å². The first kappa shape index (κ1) is 9.95. The Morgan fingerprint density at radius 2 is 1.94 bits per heavy atom. The Kier molecular flexibility index (Phi) is 1.80. The van der Waals surface area contributed by atoms with E-state index in [-0.39, 0.29) is 0 Å². The Morgan fingerprint density at radius 1 is 1.06 bits per heavy atom. The lowest BCUT2D eigenvalue weighted by molar-refractivity contribution is 1.28. The zero-order valence-electron chi connectivity index (χ0n) is 10.7. The molecule has 1 N–H and O–H groups in total. The van der Waals surface area contributed by atoms with Gasteiger partial charge in [-0.05, 0) is 36.6 Å². The van der Waals surface area contributed by atoms with E-state index in [1.54, 1.807) is 0 Å². The molecule has 3 aromatic rings. The molecule has 0 amide bonds. The molecule has 1 heteroatoms. The summed E-state index contributed by atoms with van der Waals surface area (Å²) >= 11 is 0. The molecule has 0 aliphatic heterocycles. The molecule has 1 aliphatic carbocycles. The lowest BCUT2D eigenvalue weighted by atomic mass is 10.1. The van der Waals surface area contributed by atoms with Crippen molar-refractivity contribution < 1.29 is 0 Å². The van der Waals surface area contributed by atoms with Gasteiger partial charge in [0.15, 0.2) is 0 Å². The van der Waals surface area contributed by atoms with Crippen molar-refractivity contribution in [1.82, 2.24) is 4.98 Å². The van der Waals surface area contributed by atoms with Gasteiger partial charge in [0, 0.05) is 22.9 Å². The van der Waals surface area contributed by atoms with Crippen LogP contribution in [-0.4, -0.2) is 4.98 Å². The van der Waals surface area contributed by atoms with Gasteiger partial charge in [-0.2, -0.15) is 0 Å². The molecule has 18 heavy (non-hydrogen) atoms. The Morgan fingerprint density at radius 3 is 2.83 bits per heavy atom. The molecule has 1 aromatic heterocycles. The predicted octanol–water partition coefficient (Wildman–Crippen LogP) is 4.36. The molecule has 88 valence electrons. The van der Waals surface area contributed by atoms with Crippen LogP contribution in [0.3, 0.4) is 0 Å². The highest BCUT2D eigenvalue weighted by Crippen LogP contribution is 2.41. The average Bonchev–Trinajstić information content (AvgIpc) is 2.87. The summed E-state index contributed by atoms with van der Waals surface area (Å²) in [4.78, 5) is 3.63. The summed E-state index contributed by atoms with van der Waals surface area (Å²) in [5.74, 6) is 0. The highest BCUT2D eigenvalue weighted by atomic mass is 14.7. The predicted molar refractivity (Wildman–Crippen MR) is 76.0 cm³/mol. The highest BCUT2D eigenvalue weighted by Gasteiger charge is 2.23. The molecular weight excluding hydrogens is 218 g/mol. The monoisotopic (exact) mass is 233 g/mol. The Balaban J connectivity index is 2.09. The second-order valence-electron chi connectivity index (χ2n) is 5.31. The van der Waals surface area contributed by atoms with E-state index in [1.807, 2.05) is 0 Å². The van der Waals surface area contributed by atoms with E-state index in [0.717, 1.165) is 6.42 Å². The third-order valence-electron chi connectivity index (χ3n) is 4.05. The molecule has 1 heterocycles. The number of aromatic nitrogens is 1. The summed E-state index contributed by atoms with van der Waals surface area (Å²) < 4.78 is 0. The molecule has 0 bridgehead atoms. The van der Waals surface area contributed by atoms with Crippen LogP contribution in [0.15, 0.2) is 36.4 Å². The lowest BCUT2D eigenvalue weighted by Gasteiger charge is -2.02. The number of benzene rings is 2. The summed E-state index contributed by atoms with van der Waals surface area (Å²) in [6, 6.07) is 13.3. The summed E-state index contributed by atoms with van der Waals surface area (Å²) in [6.45, 7) is 4.33. The minimum absolute atomic E-state index is 1.06. The van der Waals surface area contributed by atoms with E-state index >= 15 is 0 Å². The molecule has 0 saturated carbocycles. The minimum Gasteiger partial charge on any atom is -0.354 e. The van der Waals surface area contributed by atoms with E-state index in [2.05, 4.69) is 55.2 Å². The number of fused-ring (bicyclic) bond motifs is 5. The smallest absolute Gasteiger partial charge is 0.0503 e. The van der Waals surface area contributed by atoms with Gasteiger partial charge in [-0.15, -0.1) is 0 Å². The van der Waals surface area contributed by atoms with Gasteiger partial charge in [0.1, 0.15) is 0 Å². The second-order valence-corrected chi connectivity index (χ2v) is 5.31. The molecule has 0 radical (unpaired) electrons. The van der Waals surface area contributed by atoms with Crippen LogP contribution in [-0.2, 0) is 6.42 Å². The first-order valence-electron chi connectivity index (χ1n) is 6.44. The van der Waals surface area contributed by atoms with E-state index in [9.17, 15) is 0 Å². The van der Waals surface area contributed by atoms with Crippen LogP contribution in [0.1, 0.15) is 22.3 Å². The standard InChI is InChI=1S/C17H15N/c1-10-6-7-12-9-15-13-5-3-4-11(2)16(13)18-17(15)14(12)8-10/h3-8,18H,9H2,1-2H3. The number of H-pyrrole nitrogens is 1. The number of aryl methyl sites for hydroxylation is 2. The summed E-state index contributed by atoms with van der Waals surface area (Å²) in [6.07, 6.45) is 1.06. The van der Waals surface area contributed by atoms with Crippen LogP contribution in [0, 0.1) is 13.8 Å². The van der Waals surface area contributed by atoms with E-state index in [4.69, 9.17) is 0 Å². The number of hydrogen-bond acceptors (Lipinski definition) is 0. The van der Waals surface area contributed by atoms with Gasteiger partial charge in [-0.3, -0.25) is 0 Å². The molecule has 4 rings (SSSR count). The van der Waals surface area contributed by atoms with Crippen molar-refractivity contribution in [2.45, 2.75) is 20.3 Å². The Hall–Kier alpha value is -2.02. The van der Waals surface area contributed by atoms with Crippen molar-refractivity contribution in [1.29, 1.82) is 0 Å². The van der Waals surface area contributed by atoms with Crippen molar-refractivity contribution in [3.05, 3.63) is 58.7 Å². The van der Waals surface area contributed by atoms with E-state index < -0.39 is 0 Å². The average molecular weight is 233 g/mol. The van der Waals surface area contributed by atoms with Crippen molar-refractivity contribution in [3.8, 4) is 11.3 Å². The van der Waals surface area contributed by atoms with Crippen molar-refractivity contribution in [3.63, 3.8) is 0 Å². The van der Waals surface area contributed by atoms with Gasteiger partial charge in [-0.25, -0.2) is 0 Å². The van der Waals surface area contributed by atoms with E-state index in [0.29, 0.717) is 0 Å². The van der Waals surface area contributed by atoms with Crippen molar-refractivity contribution in [2.75, 3.05) is 0 Å². The van der Waals surface area contributed by atoms with E-state index in [1.165, 1.54) is 44.4 Å². The van der Waals surface area contributed by atoms with Crippen LogP contribution in [0.5, 0.6) is 0 Å². The summed E-state index contributed by atoms with van der Waals surface area (Å²) in [7, 11) is 0. The highest BCUT2D eigenvalue weighted by molar-refractivity contribution is 5.95. The molecule has 0 saturated heterocycles. The molecular formula is C17H15N. The molecule has 0 unspecified atom stereocenters. The topological polar surface area (TPSA) is 15.8 Å². The van der Waals surface area contributed by atoms with Crippen LogP contribution in [0.2, 0.25) is 0 Å². The van der Waals surface area contributed by atoms with Gasteiger partial charge in [-0.1, -0.05) is 35.9 Å². The first-order valence-corrected chi connectivity index (χ1v) is 6.44. The number of nitrogens with one attached hydrogen (secondary N) is 1. The minimum atomic E-state index is 1.06. The van der Waals surface area contributed by atoms with Crippen LogP contribution < -0.4 is 0 Å². The Labute approximate surface area is 106 Å². The molecule has 2 aromatic carbocycles. The molecule has 0 fully saturated rings. The van der Waals surface area contributed by atoms with Gasteiger partial charge in [0.2, 0.25) is 0 Å². The van der Waals surface area contributed by atoms with Gasteiger partial charge in [0.25, 0.3) is 0 Å². The van der Waals surface area contributed by atoms with Gasteiger partial charge >= 0.3 is 0 Å². The maximum atomic E-state index is 3.63. The maximum Gasteiger partial charge on any atom is 0.0503 e. The molecule has 1 nitrogen and oxygen atoms in total. The molecule has 0 atom stereocenters. The third-order valence-corrected chi connectivity index (χ3v) is 4.05. The summed E-state index contributed by atoms with van der Waals surface area (Å²) in [5.41, 5.74) is 9.60. The number of rotatable bonds is 0. The van der Waals surface area contributed by atoms with Gasteiger partial charge in [0.05, 0.1) is 5.69 Å². The molecule has 1 aliphatic rings. The van der Waals surface area contributed by atoms with Crippen LogP contribution in [0.4, 0.5) is 0 Å². The fraction of sp³-hybridized carbons (Fsp3) is 0.176. The van der Waals surface area contributed by atoms with Crippen LogP contribution >= 0.6 is 0 Å². The zero-order valence-corrected chi connectivity index (χ0v) is 10.7. The van der Waals surface area contributed by atoms with Crippen LogP contribution in [0.25, 0.3) is 22.2 Å². The van der Waals surface area contributed by atoms with Gasteiger partial charge < -0.3 is 4.98 Å². The second kappa shape index (κ2) is 3.26.